The van der Waals surface area contributed by atoms with Crippen molar-refractivity contribution in [2.24, 2.45) is 0 Å². The third-order valence-electron chi connectivity index (χ3n) is 3.88. The van der Waals surface area contributed by atoms with Gasteiger partial charge in [-0.15, -0.1) is 11.8 Å². The van der Waals surface area contributed by atoms with E-state index >= 15 is 0 Å². The van der Waals surface area contributed by atoms with Gasteiger partial charge >= 0.3 is 7.12 Å². The van der Waals surface area contributed by atoms with Crippen LogP contribution in [-0.4, -0.2) is 24.1 Å². The lowest BCUT2D eigenvalue weighted by Crippen LogP contribution is -2.41. The molecule has 104 valence electrons. The predicted molar refractivity (Wildman–Crippen MR) is 83.2 cm³/mol. The van der Waals surface area contributed by atoms with Crippen molar-refractivity contribution in [1.82, 2.24) is 0 Å². The summed E-state index contributed by atoms with van der Waals surface area (Å²) in [5.74, 6) is 1.16. The van der Waals surface area contributed by atoms with Crippen LogP contribution in [0.4, 0.5) is 0 Å². The molecule has 0 saturated carbocycles. The highest BCUT2D eigenvalue weighted by atomic mass is 32.2. The first kappa shape index (κ1) is 15.0. The highest BCUT2D eigenvalue weighted by molar-refractivity contribution is 7.99. The van der Waals surface area contributed by atoms with Crippen molar-refractivity contribution in [3.8, 4) is 0 Å². The highest BCUT2D eigenvalue weighted by Crippen LogP contribution is 2.36. The molecule has 2 nitrogen and oxygen atoms in total. The van der Waals surface area contributed by atoms with E-state index in [0.717, 1.165) is 11.2 Å². The molecule has 2 rings (SSSR count). The zero-order chi connectivity index (χ0) is 14.1. The number of thioether (sulfide) groups is 1. The average Bonchev–Trinajstić information content (AvgIpc) is 2.56. The first-order valence-electron chi connectivity index (χ1n) is 6.94. The molecule has 0 bridgehead atoms. The Morgan fingerprint density at radius 3 is 2.00 bits per heavy atom. The van der Waals surface area contributed by atoms with Crippen LogP contribution in [0, 0.1) is 0 Å². The molecular formula is C15H23BO2S. The van der Waals surface area contributed by atoms with E-state index in [1.807, 2.05) is 11.8 Å². The molecule has 0 radical (unpaired) electrons. The van der Waals surface area contributed by atoms with Crippen molar-refractivity contribution >= 4 is 24.3 Å². The van der Waals surface area contributed by atoms with Crippen molar-refractivity contribution in [3.05, 3.63) is 24.3 Å². The lowest BCUT2D eigenvalue weighted by molar-refractivity contribution is 0.00578. The Bertz CT molecular complexity index is 412. The van der Waals surface area contributed by atoms with Gasteiger partial charge in [-0.2, -0.15) is 0 Å². The summed E-state index contributed by atoms with van der Waals surface area (Å²) in [6.45, 7) is 10.5. The summed E-state index contributed by atoms with van der Waals surface area (Å²) in [4.78, 5) is 1.31. The molecule has 0 aromatic heterocycles. The van der Waals surface area contributed by atoms with Crippen molar-refractivity contribution in [1.29, 1.82) is 0 Å². The summed E-state index contributed by atoms with van der Waals surface area (Å²) in [7, 11) is -0.254. The fraction of sp³-hybridized carbons (Fsp3) is 0.600. The van der Waals surface area contributed by atoms with E-state index in [4.69, 9.17) is 9.31 Å². The van der Waals surface area contributed by atoms with Gasteiger partial charge in [-0.25, -0.2) is 0 Å². The van der Waals surface area contributed by atoms with Gasteiger partial charge in [0.25, 0.3) is 0 Å². The van der Waals surface area contributed by atoms with Gasteiger partial charge in [-0.1, -0.05) is 19.1 Å². The zero-order valence-corrected chi connectivity index (χ0v) is 13.3. The lowest BCUT2D eigenvalue weighted by Gasteiger charge is -2.32. The van der Waals surface area contributed by atoms with Gasteiger partial charge in [0, 0.05) is 4.90 Å². The molecule has 0 N–H and O–H groups in total. The van der Waals surface area contributed by atoms with Crippen LogP contribution in [0.5, 0.6) is 0 Å². The second-order valence-corrected chi connectivity index (χ2v) is 7.17. The van der Waals surface area contributed by atoms with Crippen LogP contribution < -0.4 is 5.46 Å². The molecule has 1 saturated heterocycles. The number of benzene rings is 1. The van der Waals surface area contributed by atoms with Crippen LogP contribution in [0.15, 0.2) is 29.2 Å². The quantitative estimate of drug-likeness (QED) is 0.620. The normalized spacial score (nSPS) is 20.8. The Morgan fingerprint density at radius 1 is 1.00 bits per heavy atom. The van der Waals surface area contributed by atoms with Crippen molar-refractivity contribution < 1.29 is 9.31 Å². The van der Waals surface area contributed by atoms with E-state index in [2.05, 4.69) is 58.9 Å². The molecule has 1 aliphatic heterocycles. The summed E-state index contributed by atoms with van der Waals surface area (Å²) < 4.78 is 12.1. The van der Waals surface area contributed by atoms with E-state index in [0.29, 0.717) is 0 Å². The first-order valence-corrected chi connectivity index (χ1v) is 7.93. The van der Waals surface area contributed by atoms with Crippen LogP contribution in [-0.2, 0) is 9.31 Å². The SMILES string of the molecule is CCCSc1ccc(B2OC(C)(C)C(C)(C)O2)cc1. The van der Waals surface area contributed by atoms with Crippen LogP contribution >= 0.6 is 11.8 Å². The molecule has 1 heterocycles. The van der Waals surface area contributed by atoms with Gasteiger partial charge in [0.05, 0.1) is 11.2 Å². The maximum Gasteiger partial charge on any atom is 0.494 e. The summed E-state index contributed by atoms with van der Waals surface area (Å²) in [5.41, 5.74) is 0.556. The topological polar surface area (TPSA) is 18.5 Å². The molecule has 1 fully saturated rings. The van der Waals surface area contributed by atoms with Crippen molar-refractivity contribution in [2.45, 2.75) is 57.1 Å². The van der Waals surface area contributed by atoms with Gasteiger partial charge in [0.1, 0.15) is 0 Å². The van der Waals surface area contributed by atoms with Gasteiger partial charge < -0.3 is 9.31 Å². The lowest BCUT2D eigenvalue weighted by atomic mass is 9.79. The van der Waals surface area contributed by atoms with E-state index in [1.165, 1.54) is 11.3 Å². The molecule has 0 spiro atoms. The van der Waals surface area contributed by atoms with Crippen LogP contribution in [0.3, 0.4) is 0 Å². The second kappa shape index (κ2) is 5.51. The largest absolute Gasteiger partial charge is 0.494 e. The minimum atomic E-state index is -0.271. The number of hydrogen-bond acceptors (Lipinski definition) is 3. The molecule has 1 aromatic rings. The Kier molecular flexibility index (Phi) is 4.33. The van der Waals surface area contributed by atoms with E-state index in [-0.39, 0.29) is 18.3 Å². The standard InChI is InChI=1S/C15H23BO2S/c1-6-11-19-13-9-7-12(8-10-13)16-17-14(2,3)15(4,5)18-16/h7-10H,6,11H2,1-5H3. The third kappa shape index (κ3) is 3.18. The molecule has 19 heavy (non-hydrogen) atoms. The van der Waals surface area contributed by atoms with Crippen LogP contribution in [0.1, 0.15) is 41.0 Å². The third-order valence-corrected chi connectivity index (χ3v) is 5.10. The summed E-state index contributed by atoms with van der Waals surface area (Å²) in [6.07, 6.45) is 1.20. The molecule has 4 heteroatoms. The van der Waals surface area contributed by atoms with Gasteiger partial charge in [-0.05, 0) is 57.5 Å². The molecule has 0 amide bonds. The Labute approximate surface area is 121 Å². The molecule has 0 unspecified atom stereocenters. The predicted octanol–water partition coefficient (Wildman–Crippen LogP) is 3.49. The summed E-state index contributed by atoms with van der Waals surface area (Å²) in [5, 5.41) is 0. The Balaban J connectivity index is 2.08. The first-order chi connectivity index (χ1) is 8.86. The van der Waals surface area contributed by atoms with Crippen molar-refractivity contribution in [3.63, 3.8) is 0 Å². The highest BCUT2D eigenvalue weighted by Gasteiger charge is 2.51. The molecular weight excluding hydrogens is 255 g/mol. The maximum absolute atomic E-state index is 6.04. The molecule has 0 aliphatic carbocycles. The molecule has 1 aliphatic rings. The summed E-state index contributed by atoms with van der Waals surface area (Å²) >= 11 is 1.89. The van der Waals surface area contributed by atoms with Crippen LogP contribution in [0.25, 0.3) is 0 Å². The number of rotatable bonds is 4. The second-order valence-electron chi connectivity index (χ2n) is 6.01. The zero-order valence-electron chi connectivity index (χ0n) is 12.5. The summed E-state index contributed by atoms with van der Waals surface area (Å²) in [6, 6.07) is 8.53. The fourth-order valence-electron chi connectivity index (χ4n) is 1.92. The minimum absolute atomic E-state index is 0.254. The Hall–Kier alpha value is -0.445. The average molecular weight is 278 g/mol. The fourth-order valence-corrected chi connectivity index (χ4v) is 2.69. The smallest absolute Gasteiger partial charge is 0.399 e. The Morgan fingerprint density at radius 2 is 1.53 bits per heavy atom. The van der Waals surface area contributed by atoms with Crippen molar-refractivity contribution in [2.75, 3.05) is 5.75 Å². The minimum Gasteiger partial charge on any atom is -0.399 e. The van der Waals surface area contributed by atoms with Gasteiger partial charge in [-0.3, -0.25) is 0 Å². The monoisotopic (exact) mass is 278 g/mol. The van der Waals surface area contributed by atoms with E-state index < -0.39 is 0 Å². The van der Waals surface area contributed by atoms with Gasteiger partial charge in [0.15, 0.2) is 0 Å². The van der Waals surface area contributed by atoms with Crippen LogP contribution in [0.2, 0.25) is 0 Å². The van der Waals surface area contributed by atoms with Gasteiger partial charge in [0.2, 0.25) is 0 Å². The molecule has 1 aromatic carbocycles. The number of hydrogen-bond donors (Lipinski definition) is 0. The maximum atomic E-state index is 6.04. The van der Waals surface area contributed by atoms with E-state index in [1.54, 1.807) is 0 Å². The van der Waals surface area contributed by atoms with E-state index in [9.17, 15) is 0 Å². The molecule has 0 atom stereocenters.